The number of rotatable bonds is 8. The maximum Gasteiger partial charge on any atom is 0.335 e. The number of aryl methyl sites for hydroxylation is 1. The van der Waals surface area contributed by atoms with E-state index in [0.717, 1.165) is 42.3 Å². The summed E-state index contributed by atoms with van der Waals surface area (Å²) < 4.78 is 42.5. The number of aromatic nitrogens is 3. The van der Waals surface area contributed by atoms with Crippen LogP contribution in [0.15, 0.2) is 36.4 Å². The summed E-state index contributed by atoms with van der Waals surface area (Å²) in [5, 5.41) is 9.78. The van der Waals surface area contributed by atoms with E-state index < -0.39 is 17.6 Å². The summed E-state index contributed by atoms with van der Waals surface area (Å²) in [5.74, 6) is -1.22. The molecule has 0 unspecified atom stereocenters. The molecular weight excluding hydrogens is 542 g/mol. The number of aromatic carboxylic acids is 1. The minimum absolute atomic E-state index is 0.0235. The molecule has 2 aromatic carbocycles. The number of pyridine rings is 1. The fraction of sp³-hybridized carbons (Fsp3) is 0.345. The standard InChI is InChI=1S/C29H27ClF2N4O4/c1-16-8-17-4-6-35(13-24(17)33-28(16)40-15-18-2-3-20(30)11-22(18)31)14-26-34-27-23(32)9-19(29(37)38)10-25(27)36(26)12-21-5-7-39-21/h2-3,8-11,21H,4-7,12-15H2,1H3,(H,37,38)/t21-/m0/s1. The molecule has 1 atom stereocenters. The van der Waals surface area contributed by atoms with Crippen molar-refractivity contribution in [2.75, 3.05) is 13.2 Å². The van der Waals surface area contributed by atoms with Crippen molar-refractivity contribution < 1.29 is 28.2 Å². The SMILES string of the molecule is Cc1cc2c(nc1OCc1ccc(Cl)cc1F)CN(Cc1nc3c(F)cc(C(=O)O)cc3n1C[C@@H]1CCO1)CC2. The van der Waals surface area contributed by atoms with Crippen molar-refractivity contribution >= 4 is 28.6 Å². The van der Waals surface area contributed by atoms with Crippen LogP contribution in [0.25, 0.3) is 11.0 Å². The molecule has 0 bridgehead atoms. The van der Waals surface area contributed by atoms with E-state index in [9.17, 15) is 18.7 Å². The molecule has 208 valence electrons. The molecule has 4 aromatic rings. The van der Waals surface area contributed by atoms with E-state index in [1.165, 1.54) is 12.1 Å². The number of halogens is 3. The third kappa shape index (κ3) is 5.26. The molecule has 0 spiro atoms. The third-order valence-corrected chi connectivity index (χ3v) is 7.70. The smallest absolute Gasteiger partial charge is 0.335 e. The number of benzene rings is 2. The molecule has 40 heavy (non-hydrogen) atoms. The van der Waals surface area contributed by atoms with Crippen molar-refractivity contribution in [2.24, 2.45) is 0 Å². The zero-order chi connectivity index (χ0) is 28.0. The summed E-state index contributed by atoms with van der Waals surface area (Å²) in [5.41, 5.74) is 3.70. The predicted octanol–water partition coefficient (Wildman–Crippen LogP) is 5.30. The first kappa shape index (κ1) is 26.6. The molecule has 0 radical (unpaired) electrons. The first-order chi connectivity index (χ1) is 19.2. The number of carboxylic acids is 1. The molecule has 0 saturated carbocycles. The van der Waals surface area contributed by atoms with E-state index in [-0.39, 0.29) is 23.8 Å². The second-order valence-corrected chi connectivity index (χ2v) is 10.7. The Morgan fingerprint density at radius 1 is 1.20 bits per heavy atom. The lowest BCUT2D eigenvalue weighted by Gasteiger charge is -2.30. The maximum atomic E-state index is 14.9. The van der Waals surface area contributed by atoms with Gasteiger partial charge in [-0.25, -0.2) is 23.5 Å². The summed E-state index contributed by atoms with van der Waals surface area (Å²) >= 11 is 5.85. The molecule has 0 amide bonds. The lowest BCUT2D eigenvalue weighted by Crippen LogP contribution is -2.34. The molecular formula is C29H27ClF2N4O4. The summed E-state index contributed by atoms with van der Waals surface area (Å²) in [6.07, 6.45) is 1.62. The zero-order valence-corrected chi connectivity index (χ0v) is 22.5. The second-order valence-electron chi connectivity index (χ2n) is 10.3. The van der Waals surface area contributed by atoms with Gasteiger partial charge in [0.15, 0.2) is 5.82 Å². The van der Waals surface area contributed by atoms with Crippen LogP contribution in [-0.4, -0.2) is 49.8 Å². The molecule has 1 fully saturated rings. The Kier molecular flexibility index (Phi) is 7.16. The molecule has 11 heteroatoms. The Balaban J connectivity index is 1.24. The first-order valence-electron chi connectivity index (χ1n) is 13.1. The molecule has 2 aliphatic heterocycles. The average molecular weight is 569 g/mol. The quantitative estimate of drug-likeness (QED) is 0.309. The van der Waals surface area contributed by atoms with Crippen molar-refractivity contribution in [1.82, 2.24) is 19.4 Å². The van der Waals surface area contributed by atoms with Crippen LogP contribution in [0.2, 0.25) is 5.02 Å². The van der Waals surface area contributed by atoms with E-state index in [0.29, 0.717) is 54.0 Å². The van der Waals surface area contributed by atoms with Crippen LogP contribution in [0.4, 0.5) is 8.78 Å². The van der Waals surface area contributed by atoms with Gasteiger partial charge in [-0.1, -0.05) is 17.7 Å². The van der Waals surface area contributed by atoms with E-state index in [4.69, 9.17) is 26.1 Å². The topological polar surface area (TPSA) is 89.7 Å². The Hall–Kier alpha value is -3.60. The molecule has 1 N–H and O–H groups in total. The van der Waals surface area contributed by atoms with Gasteiger partial charge in [0.1, 0.15) is 23.8 Å². The highest BCUT2D eigenvalue weighted by Gasteiger charge is 2.26. The van der Waals surface area contributed by atoms with Crippen LogP contribution >= 0.6 is 11.6 Å². The van der Waals surface area contributed by atoms with Crippen LogP contribution in [0.3, 0.4) is 0 Å². The first-order valence-corrected chi connectivity index (χ1v) is 13.4. The van der Waals surface area contributed by atoms with E-state index >= 15 is 0 Å². The van der Waals surface area contributed by atoms with E-state index in [2.05, 4.69) is 16.0 Å². The lowest BCUT2D eigenvalue weighted by molar-refractivity contribution is -0.0592. The van der Waals surface area contributed by atoms with Crippen molar-refractivity contribution in [2.45, 2.75) is 52.1 Å². The Bertz CT molecular complexity index is 1620. The van der Waals surface area contributed by atoms with E-state index in [1.54, 1.807) is 12.1 Å². The number of carboxylic acid groups (broad SMARTS) is 1. The number of hydrogen-bond donors (Lipinski definition) is 1. The van der Waals surface area contributed by atoms with Crippen LogP contribution in [0, 0.1) is 18.6 Å². The number of hydrogen-bond acceptors (Lipinski definition) is 6. The lowest BCUT2D eigenvalue weighted by atomic mass is 10.0. The van der Waals surface area contributed by atoms with Gasteiger partial charge < -0.3 is 19.1 Å². The molecule has 2 aromatic heterocycles. The van der Waals surface area contributed by atoms with Crippen LogP contribution in [0.1, 0.15) is 45.0 Å². The van der Waals surface area contributed by atoms with Crippen molar-refractivity contribution in [3.05, 3.63) is 86.8 Å². The summed E-state index contributed by atoms with van der Waals surface area (Å²) in [6.45, 7) is 4.77. The summed E-state index contributed by atoms with van der Waals surface area (Å²) in [7, 11) is 0. The third-order valence-electron chi connectivity index (χ3n) is 7.46. The number of ether oxygens (including phenoxy) is 2. The minimum Gasteiger partial charge on any atom is -0.478 e. The Morgan fingerprint density at radius 3 is 2.75 bits per heavy atom. The molecule has 6 rings (SSSR count). The second kappa shape index (κ2) is 10.8. The number of fused-ring (bicyclic) bond motifs is 2. The van der Waals surface area contributed by atoms with Gasteiger partial charge in [0.2, 0.25) is 5.88 Å². The summed E-state index contributed by atoms with van der Waals surface area (Å²) in [4.78, 5) is 23.1. The van der Waals surface area contributed by atoms with Gasteiger partial charge in [-0.2, -0.15) is 0 Å². The van der Waals surface area contributed by atoms with Crippen LogP contribution in [0.5, 0.6) is 5.88 Å². The van der Waals surface area contributed by atoms with E-state index in [1.807, 2.05) is 11.5 Å². The van der Waals surface area contributed by atoms with Crippen molar-refractivity contribution in [3.8, 4) is 5.88 Å². The number of carbonyl (C=O) groups is 1. The Labute approximate surface area is 234 Å². The normalized spacial score (nSPS) is 17.1. The average Bonchev–Trinajstić information content (AvgIpc) is 3.23. The minimum atomic E-state index is -1.19. The molecule has 4 heterocycles. The summed E-state index contributed by atoms with van der Waals surface area (Å²) in [6, 6.07) is 9.00. The van der Waals surface area contributed by atoms with Gasteiger partial charge in [0.25, 0.3) is 0 Å². The number of imidazole rings is 1. The maximum absolute atomic E-state index is 14.9. The Morgan fingerprint density at radius 2 is 2.02 bits per heavy atom. The van der Waals surface area contributed by atoms with Crippen LogP contribution in [-0.2, 0) is 37.4 Å². The predicted molar refractivity (Wildman–Crippen MR) is 144 cm³/mol. The highest BCUT2D eigenvalue weighted by molar-refractivity contribution is 6.30. The monoisotopic (exact) mass is 568 g/mol. The van der Waals surface area contributed by atoms with Gasteiger partial charge >= 0.3 is 5.97 Å². The van der Waals surface area contributed by atoms with Gasteiger partial charge in [-0.3, -0.25) is 4.90 Å². The largest absolute Gasteiger partial charge is 0.478 e. The van der Waals surface area contributed by atoms with Gasteiger partial charge in [0.05, 0.1) is 36.0 Å². The highest BCUT2D eigenvalue weighted by Crippen LogP contribution is 2.29. The van der Waals surface area contributed by atoms with Gasteiger partial charge in [-0.05, 0) is 55.7 Å². The fourth-order valence-corrected chi connectivity index (χ4v) is 5.35. The van der Waals surface area contributed by atoms with Crippen LogP contribution < -0.4 is 4.74 Å². The molecule has 0 aliphatic carbocycles. The molecule has 2 aliphatic rings. The van der Waals surface area contributed by atoms with Crippen molar-refractivity contribution in [3.63, 3.8) is 0 Å². The highest BCUT2D eigenvalue weighted by atomic mass is 35.5. The zero-order valence-electron chi connectivity index (χ0n) is 21.8. The van der Waals surface area contributed by atoms with Gasteiger partial charge in [-0.15, -0.1) is 0 Å². The fourth-order valence-electron chi connectivity index (χ4n) is 5.19. The number of nitrogens with zero attached hydrogens (tertiary/aromatic N) is 4. The van der Waals surface area contributed by atoms with Crippen molar-refractivity contribution in [1.29, 1.82) is 0 Å². The molecule has 1 saturated heterocycles. The molecule has 8 nitrogen and oxygen atoms in total. The van der Waals surface area contributed by atoms with Gasteiger partial charge in [0, 0.05) is 35.8 Å².